The second-order valence-corrected chi connectivity index (χ2v) is 15.2. The first-order valence-electron chi connectivity index (χ1n) is 13.5. The zero-order valence-electron chi connectivity index (χ0n) is 22.9. The number of aryl methyl sites for hydroxylation is 4. The second-order valence-electron chi connectivity index (χ2n) is 9.32. The third-order valence-corrected chi connectivity index (χ3v) is 14.9. The summed E-state index contributed by atoms with van der Waals surface area (Å²) in [5, 5.41) is 4.90. The van der Waals surface area contributed by atoms with E-state index in [9.17, 15) is 0 Å². The summed E-state index contributed by atoms with van der Waals surface area (Å²) >= 11 is 20.4. The molecule has 0 aromatic heterocycles. The van der Waals surface area contributed by atoms with Gasteiger partial charge in [-0.15, -0.1) is 50.5 Å². The lowest BCUT2D eigenvalue weighted by atomic mass is 10.2. The third-order valence-electron chi connectivity index (χ3n) is 7.08. The minimum absolute atomic E-state index is 0.937. The fraction of sp³-hybridized carbons (Fsp3) is 0.250. The van der Waals surface area contributed by atoms with Crippen LogP contribution in [0.4, 0.5) is 0 Å². The minimum Gasteiger partial charge on any atom is -0.259 e. The van der Waals surface area contributed by atoms with Gasteiger partial charge in [0.15, 0.2) is 0 Å². The molecule has 0 bridgehead atoms. The predicted molar refractivity (Wildman–Crippen MR) is 188 cm³/mol. The fourth-order valence-electron chi connectivity index (χ4n) is 4.75. The Bertz CT molecular complexity index is 1240. The molecule has 4 rings (SSSR count). The molecule has 0 fully saturated rings. The molecule has 204 valence electrons. The van der Waals surface area contributed by atoms with Crippen LogP contribution in [-0.4, -0.2) is 0 Å². The maximum atomic E-state index is 5.09. The predicted octanol–water partition coefficient (Wildman–Crippen LogP) is 8.08. The molecule has 1 N–H and O–H groups in total. The quantitative estimate of drug-likeness (QED) is 0.0887. The largest absolute Gasteiger partial charge is 0.259 e. The van der Waals surface area contributed by atoms with Crippen LogP contribution in [0.1, 0.15) is 49.9 Å². The molecule has 0 atom stereocenters. The van der Waals surface area contributed by atoms with Crippen LogP contribution in [-0.2, 0) is 25.7 Å². The van der Waals surface area contributed by atoms with E-state index in [0.717, 1.165) is 45.3 Å². The van der Waals surface area contributed by atoms with Gasteiger partial charge in [-0.2, -0.15) is 0 Å². The van der Waals surface area contributed by atoms with E-state index in [1.165, 1.54) is 43.5 Å². The van der Waals surface area contributed by atoms with Gasteiger partial charge >= 0.3 is 0 Å². The van der Waals surface area contributed by atoms with Crippen molar-refractivity contribution in [3.8, 4) is 0 Å². The molecule has 39 heavy (non-hydrogen) atoms. The van der Waals surface area contributed by atoms with Crippen LogP contribution in [0.5, 0.6) is 0 Å². The molecule has 0 amide bonds. The Morgan fingerprint density at radius 2 is 0.667 bits per heavy atom. The van der Waals surface area contributed by atoms with E-state index < -0.39 is 16.1 Å². The lowest BCUT2D eigenvalue weighted by Gasteiger charge is -2.31. The van der Waals surface area contributed by atoms with Gasteiger partial charge in [-0.25, -0.2) is 0 Å². The van der Waals surface area contributed by atoms with Crippen LogP contribution in [0.2, 0.25) is 0 Å². The van der Waals surface area contributed by atoms with Crippen molar-refractivity contribution in [3.63, 3.8) is 0 Å². The van der Waals surface area contributed by atoms with Gasteiger partial charge in [-0.3, -0.25) is 4.86 Å². The van der Waals surface area contributed by atoms with Crippen LogP contribution in [0, 0.1) is 0 Å². The molecule has 0 saturated heterocycles. The Morgan fingerprint density at radius 3 is 0.872 bits per heavy atom. The van der Waals surface area contributed by atoms with Crippen molar-refractivity contribution in [3.05, 3.63) is 95.1 Å². The van der Waals surface area contributed by atoms with Gasteiger partial charge in [-0.1, -0.05) is 100 Å². The van der Waals surface area contributed by atoms with Crippen LogP contribution in [0.15, 0.2) is 92.4 Å². The molecule has 0 heterocycles. The van der Waals surface area contributed by atoms with Gasteiger partial charge in [-0.05, 0) is 47.9 Å². The van der Waals surface area contributed by atoms with Crippen LogP contribution in [0.3, 0.4) is 0 Å². The summed E-state index contributed by atoms with van der Waals surface area (Å²) in [5.41, 5.74) is 5.03. The highest BCUT2D eigenvalue weighted by molar-refractivity contribution is 7.89. The highest BCUT2D eigenvalue weighted by Crippen LogP contribution is 2.47. The van der Waals surface area contributed by atoms with E-state index in [1.54, 1.807) is 0 Å². The van der Waals surface area contributed by atoms with Gasteiger partial charge in [0.25, 0.3) is 0 Å². The number of rotatable bonds is 10. The van der Waals surface area contributed by atoms with Gasteiger partial charge in [0.1, 0.15) is 0 Å². The van der Waals surface area contributed by atoms with Crippen molar-refractivity contribution in [1.29, 1.82) is 0 Å². The zero-order valence-corrected chi connectivity index (χ0v) is 28.3. The molecule has 4 aromatic rings. The smallest absolute Gasteiger partial charge is 0.0317 e. The first-order valence-corrected chi connectivity index (χ1v) is 17.9. The van der Waals surface area contributed by atoms with Gasteiger partial charge in [0, 0.05) is 56.9 Å². The first kappa shape index (κ1) is 31.0. The van der Waals surface area contributed by atoms with Crippen molar-refractivity contribution in [2.24, 2.45) is 0 Å². The Hall–Kier alpha value is -0.900. The maximum Gasteiger partial charge on any atom is 0.0317 e. The summed E-state index contributed by atoms with van der Waals surface area (Å²) in [7, 11) is -2.03. The van der Waals surface area contributed by atoms with Gasteiger partial charge in [0.05, 0.1) is 0 Å². The van der Waals surface area contributed by atoms with Crippen molar-refractivity contribution in [2.45, 2.75) is 73.0 Å². The lowest BCUT2D eigenvalue weighted by Crippen LogP contribution is -2.30. The maximum absolute atomic E-state index is 5.09. The number of nitrogens with one attached hydrogen (secondary N) is 1. The van der Waals surface area contributed by atoms with Crippen molar-refractivity contribution < 1.29 is 0 Å². The fourth-order valence-corrected chi connectivity index (χ4v) is 12.6. The van der Waals surface area contributed by atoms with Gasteiger partial charge in [0.2, 0.25) is 0 Å². The number of hydrogen-bond acceptors (Lipinski definition) is 5. The highest BCUT2D eigenvalue weighted by Gasteiger charge is 2.28. The molecule has 1 nitrogen and oxygen atoms in total. The number of hydrogen-bond donors (Lipinski definition) is 5. The third kappa shape index (κ3) is 6.62. The van der Waals surface area contributed by atoms with Crippen molar-refractivity contribution in [2.75, 3.05) is 0 Å². The molecule has 0 unspecified atom stereocenters. The molecule has 0 aliphatic heterocycles. The molecule has 4 aromatic carbocycles. The summed E-state index contributed by atoms with van der Waals surface area (Å²) in [5.74, 6) is 0. The van der Waals surface area contributed by atoms with Crippen molar-refractivity contribution >= 4 is 87.9 Å². The van der Waals surface area contributed by atoms with E-state index in [-0.39, 0.29) is 0 Å². The molecular weight excluding hydrogens is 589 g/mol. The molecular formula is C32H37NP2S4. The molecule has 7 heteroatoms. The molecule has 0 aliphatic carbocycles. The average Bonchev–Trinajstić information content (AvgIpc) is 2.95. The Labute approximate surface area is 259 Å². The first-order chi connectivity index (χ1) is 18.9. The zero-order chi connectivity index (χ0) is 28.1. The van der Waals surface area contributed by atoms with E-state index in [2.05, 4.69) is 105 Å². The summed E-state index contributed by atoms with van der Waals surface area (Å²) in [6.07, 6.45) is 3.75. The molecule has 0 aliphatic rings. The van der Waals surface area contributed by atoms with E-state index in [1.807, 2.05) is 0 Å². The standard InChI is InChI=1S/C32H37NP2S4/c1-5-21-13-9-17-25(29(21)36)34(26-18-10-14-22(6-2)30(26)37)33-35(27-19-11-15-23(7-3)31(27)38)28-20-12-16-24(8-4)32(28)39/h9-20,33,36-39H,5-8H2,1-4H3. The summed E-state index contributed by atoms with van der Waals surface area (Å²) < 4.78 is 0. The summed E-state index contributed by atoms with van der Waals surface area (Å²) in [6, 6.07) is 26.3. The molecule has 0 spiro atoms. The summed E-state index contributed by atoms with van der Waals surface area (Å²) in [6.45, 7) is 8.76. The lowest BCUT2D eigenvalue weighted by molar-refractivity contribution is 1.09. The van der Waals surface area contributed by atoms with Crippen molar-refractivity contribution in [1.82, 2.24) is 4.86 Å². The number of benzene rings is 4. The van der Waals surface area contributed by atoms with Crippen LogP contribution >= 0.6 is 66.7 Å². The Balaban J connectivity index is 2.00. The highest BCUT2D eigenvalue weighted by atomic mass is 32.1. The van der Waals surface area contributed by atoms with Crippen LogP contribution < -0.4 is 26.1 Å². The average molecular weight is 626 g/mol. The second kappa shape index (κ2) is 14.3. The Morgan fingerprint density at radius 1 is 0.436 bits per heavy atom. The van der Waals surface area contributed by atoms with E-state index >= 15 is 0 Å². The SMILES string of the molecule is CCc1cccc(P(NP(c2cccc(CC)c2S)c2cccc(CC)c2S)c2cccc(CC)c2S)c1S. The number of thiol groups is 4. The van der Waals surface area contributed by atoms with Crippen LogP contribution in [0.25, 0.3) is 0 Å². The Kier molecular flexibility index (Phi) is 11.4. The normalized spacial score (nSPS) is 11.5. The van der Waals surface area contributed by atoms with Gasteiger partial charge < -0.3 is 0 Å². The molecule has 0 radical (unpaired) electrons. The van der Waals surface area contributed by atoms with E-state index in [4.69, 9.17) is 50.5 Å². The van der Waals surface area contributed by atoms with E-state index in [0.29, 0.717) is 0 Å². The monoisotopic (exact) mass is 625 g/mol. The topological polar surface area (TPSA) is 12.0 Å². The molecule has 0 saturated carbocycles. The minimum atomic E-state index is -1.02. The summed E-state index contributed by atoms with van der Waals surface area (Å²) in [4.78, 5) is 8.46.